The molecule has 8 bridgehead atoms. The van der Waals surface area contributed by atoms with Crippen molar-refractivity contribution in [3.63, 3.8) is 0 Å². The van der Waals surface area contributed by atoms with Crippen LogP contribution in [0.2, 0.25) is 18.1 Å². The number of aliphatic imine (C=N–C) groups is 4. The predicted molar refractivity (Wildman–Crippen MR) is 182 cm³/mol. The van der Waals surface area contributed by atoms with E-state index in [0.717, 1.165) is 80.5 Å². The van der Waals surface area contributed by atoms with Gasteiger partial charge in [-0.25, -0.2) is 20.0 Å². The van der Waals surface area contributed by atoms with Crippen molar-refractivity contribution < 1.29 is 0 Å². The van der Waals surface area contributed by atoms with E-state index >= 15 is 0 Å². The first kappa shape index (κ1) is 27.0. The molecule has 0 saturated heterocycles. The van der Waals surface area contributed by atoms with Crippen molar-refractivity contribution in [1.29, 1.82) is 0 Å². The first-order chi connectivity index (χ1) is 20.6. The number of hydrogen-bond acceptors (Lipinski definition) is 4. The van der Waals surface area contributed by atoms with Gasteiger partial charge in [-0.15, -0.1) is 25.3 Å². The van der Waals surface area contributed by atoms with Crippen LogP contribution in [0, 0.1) is 11.5 Å². The van der Waals surface area contributed by atoms with E-state index in [1.54, 1.807) is 0 Å². The molecule has 5 heterocycles. The molecule has 5 heteroatoms. The van der Waals surface area contributed by atoms with Crippen LogP contribution in [0.5, 0.6) is 0 Å². The number of fused-ring (bicyclic) bond motifs is 4. The second-order valence-corrected chi connectivity index (χ2v) is 14.5. The predicted octanol–water partition coefficient (Wildman–Crippen LogP) is 8.00. The van der Waals surface area contributed by atoms with E-state index in [-0.39, 0.29) is 0 Å². The Bertz CT molecular complexity index is 1820. The van der Waals surface area contributed by atoms with Gasteiger partial charge in [0.05, 0.1) is 45.6 Å². The third-order valence-electron chi connectivity index (χ3n) is 7.32. The van der Waals surface area contributed by atoms with E-state index in [4.69, 9.17) is 20.0 Å². The first-order valence-electron chi connectivity index (χ1n) is 14.0. The monoisotopic (exact) mass is 558 g/mol. The molecule has 5 aliphatic heterocycles. The van der Waals surface area contributed by atoms with Crippen LogP contribution in [-0.4, -0.2) is 30.9 Å². The molecule has 0 spiro atoms. The molecule has 0 aromatic heterocycles. The normalized spacial score (nSPS) is 18.0. The van der Waals surface area contributed by atoms with Gasteiger partial charge in [-0.05, 0) is 96.6 Å². The molecule has 4 nitrogen and oxygen atoms in total. The molecule has 6 rings (SSSR count). The van der Waals surface area contributed by atoms with E-state index < -0.39 is 8.07 Å². The summed E-state index contributed by atoms with van der Waals surface area (Å²) in [6, 6.07) is 11.0. The van der Waals surface area contributed by atoms with E-state index in [9.17, 15) is 0 Å². The van der Waals surface area contributed by atoms with Crippen molar-refractivity contribution in [3.8, 4) is 11.5 Å². The highest BCUT2D eigenvalue weighted by molar-refractivity contribution is 6.88. The van der Waals surface area contributed by atoms with Crippen molar-refractivity contribution in [1.82, 2.24) is 0 Å². The van der Waals surface area contributed by atoms with E-state index in [2.05, 4.69) is 49.4 Å². The molecule has 0 radical (unpaired) electrons. The van der Waals surface area contributed by atoms with Crippen molar-refractivity contribution >= 4 is 36.5 Å². The van der Waals surface area contributed by atoms with Gasteiger partial charge in [-0.2, -0.15) is 0 Å². The zero-order chi connectivity index (χ0) is 28.9. The number of benzene rings is 1. The molecular weight excluding hydrogens is 529 g/mol. The molecule has 0 saturated carbocycles. The Kier molecular flexibility index (Phi) is 7.55. The molecule has 1 aromatic rings. The Morgan fingerprint density at radius 3 is 1.69 bits per heavy atom. The lowest BCUT2D eigenvalue weighted by Gasteiger charge is -2.21. The zero-order valence-electron chi connectivity index (χ0n) is 23.4. The Labute approximate surface area is 248 Å². The molecule has 5 aliphatic rings. The van der Waals surface area contributed by atoms with Crippen LogP contribution in [0.3, 0.4) is 0 Å². The fourth-order valence-electron chi connectivity index (χ4n) is 5.37. The highest BCUT2D eigenvalue weighted by Gasteiger charge is 2.27. The number of allylic oxidation sites excluding steroid dienone is 15. The largest absolute Gasteiger partial charge is 0.249 e. The molecule has 0 unspecified atom stereocenters. The zero-order valence-corrected chi connectivity index (χ0v) is 24.4. The van der Waals surface area contributed by atoms with Gasteiger partial charge >= 0.3 is 0 Å². The van der Waals surface area contributed by atoms with Crippen molar-refractivity contribution in [2.45, 2.75) is 18.1 Å². The Hall–Kier alpha value is -5.18. The standard InChI is InChI=1S/C37H30N4Si/c1-4-18-42(19-5-2,20-6-3)21-17-27-9-7-8-10-35(27)36-25-34-24-32-14-13-30(39-32)22-28-11-12-29(38-28)23-31-15-16-33(40-31)26-37(36)41-34/h4-16,22-26H,1-3,18-20H2. The minimum atomic E-state index is -2.02. The van der Waals surface area contributed by atoms with Gasteiger partial charge in [0.1, 0.15) is 8.07 Å². The molecular formula is C37H30N4Si. The summed E-state index contributed by atoms with van der Waals surface area (Å²) in [7, 11) is -2.02. The lowest BCUT2D eigenvalue weighted by Crippen LogP contribution is -2.30. The lowest BCUT2D eigenvalue weighted by molar-refractivity contribution is 1.40. The van der Waals surface area contributed by atoms with E-state index in [0.29, 0.717) is 0 Å². The summed E-state index contributed by atoms with van der Waals surface area (Å²) in [5.74, 6) is 3.57. The highest BCUT2D eigenvalue weighted by Crippen LogP contribution is 2.33. The Morgan fingerprint density at radius 2 is 1.12 bits per heavy atom. The number of rotatable bonds is 7. The smallest absolute Gasteiger partial charge is 0.149 e. The van der Waals surface area contributed by atoms with Crippen LogP contribution in [0.4, 0.5) is 0 Å². The molecule has 42 heavy (non-hydrogen) atoms. The van der Waals surface area contributed by atoms with Gasteiger partial charge in [0.15, 0.2) is 0 Å². The van der Waals surface area contributed by atoms with Crippen LogP contribution in [0.25, 0.3) is 5.57 Å². The third-order valence-corrected chi connectivity index (χ3v) is 11.2. The lowest BCUT2D eigenvalue weighted by atomic mass is 9.97. The van der Waals surface area contributed by atoms with Gasteiger partial charge in [-0.3, -0.25) is 0 Å². The number of nitrogens with zero attached hydrogens (tertiary/aromatic N) is 4. The summed E-state index contributed by atoms with van der Waals surface area (Å²) >= 11 is 0. The summed E-state index contributed by atoms with van der Waals surface area (Å²) in [4.78, 5) is 19.3. The quantitative estimate of drug-likeness (QED) is 0.185. The summed E-state index contributed by atoms with van der Waals surface area (Å²) in [6.45, 7) is 12.0. The summed E-state index contributed by atoms with van der Waals surface area (Å²) < 4.78 is 0. The first-order valence-corrected chi connectivity index (χ1v) is 16.6. The van der Waals surface area contributed by atoms with Crippen molar-refractivity contribution in [3.05, 3.63) is 163 Å². The van der Waals surface area contributed by atoms with Crippen LogP contribution in [0.15, 0.2) is 172 Å². The van der Waals surface area contributed by atoms with Crippen molar-refractivity contribution in [2.75, 3.05) is 0 Å². The maximum atomic E-state index is 5.03. The minimum Gasteiger partial charge on any atom is -0.249 e. The SMILES string of the molecule is C=CC[Si](C#Cc1ccccc1C1=CC2=NC1=CC1=NC(=CC3=NC(=CC4=NC(=C2)C=C4)C=C3)C=C1)(CC=C)CC=C. The second kappa shape index (κ2) is 11.7. The van der Waals surface area contributed by atoms with E-state index in [1.165, 1.54) is 0 Å². The summed E-state index contributed by atoms with van der Waals surface area (Å²) in [6.07, 6.45) is 28.1. The van der Waals surface area contributed by atoms with Gasteiger partial charge in [-0.1, -0.05) is 42.3 Å². The van der Waals surface area contributed by atoms with E-state index in [1.807, 2.05) is 91.1 Å². The van der Waals surface area contributed by atoms with Gasteiger partial charge in [0, 0.05) is 11.1 Å². The molecule has 0 atom stereocenters. The van der Waals surface area contributed by atoms with Gasteiger partial charge in [0.25, 0.3) is 0 Å². The summed E-state index contributed by atoms with van der Waals surface area (Å²) in [5, 5.41) is 0. The topological polar surface area (TPSA) is 49.4 Å². The van der Waals surface area contributed by atoms with Crippen LogP contribution in [0.1, 0.15) is 11.1 Å². The third kappa shape index (κ3) is 5.81. The molecule has 0 aliphatic carbocycles. The van der Waals surface area contributed by atoms with Crippen molar-refractivity contribution in [2.24, 2.45) is 20.0 Å². The van der Waals surface area contributed by atoms with Crippen LogP contribution < -0.4 is 0 Å². The second-order valence-electron chi connectivity index (χ2n) is 10.5. The molecule has 0 fully saturated rings. The number of hydrogen-bond donors (Lipinski definition) is 0. The maximum Gasteiger partial charge on any atom is 0.149 e. The average Bonchev–Trinajstić information content (AvgIpc) is 3.78. The Balaban J connectivity index is 1.46. The molecule has 0 N–H and O–H groups in total. The van der Waals surface area contributed by atoms with Gasteiger partial charge in [0.2, 0.25) is 0 Å². The minimum absolute atomic E-state index is 0.830. The van der Waals surface area contributed by atoms with Crippen LogP contribution >= 0.6 is 0 Å². The van der Waals surface area contributed by atoms with Crippen LogP contribution in [-0.2, 0) is 0 Å². The summed E-state index contributed by atoms with van der Waals surface area (Å²) in [5.41, 5.74) is 13.5. The molecule has 0 amide bonds. The fraction of sp³-hybridized carbons (Fsp3) is 0.0811. The average molecular weight is 559 g/mol. The molecule has 1 aromatic carbocycles. The van der Waals surface area contributed by atoms with Gasteiger partial charge < -0.3 is 0 Å². The Morgan fingerprint density at radius 1 is 0.595 bits per heavy atom. The highest BCUT2D eigenvalue weighted by atomic mass is 28.3. The maximum absolute atomic E-state index is 5.03. The fourth-order valence-corrected chi connectivity index (χ4v) is 8.24. The molecule has 202 valence electrons.